The van der Waals surface area contributed by atoms with Gasteiger partial charge in [0.1, 0.15) is 16.9 Å². The molecule has 0 spiro atoms. The number of hydrogen-bond acceptors (Lipinski definition) is 7. The van der Waals surface area contributed by atoms with Gasteiger partial charge < -0.3 is 18.6 Å². The van der Waals surface area contributed by atoms with Crippen molar-refractivity contribution in [1.29, 1.82) is 0 Å². The summed E-state index contributed by atoms with van der Waals surface area (Å²) in [4.78, 5) is 36.7. The number of esters is 2. The van der Waals surface area contributed by atoms with E-state index in [4.69, 9.17) is 18.6 Å². The molecule has 0 bridgehead atoms. The van der Waals surface area contributed by atoms with Crippen LogP contribution in [0, 0.1) is 12.8 Å². The summed E-state index contributed by atoms with van der Waals surface area (Å²) in [5.41, 5.74) is -0.238. The molecular weight excluding hydrogens is 366 g/mol. The van der Waals surface area contributed by atoms with Gasteiger partial charge in [-0.05, 0) is 33.1 Å². The van der Waals surface area contributed by atoms with Gasteiger partial charge in [0.25, 0.3) is 0 Å². The number of carbonyl (C=O) groups is 3. The summed E-state index contributed by atoms with van der Waals surface area (Å²) in [7, 11) is 0. The quantitative estimate of drug-likeness (QED) is 0.426. The smallest absolute Gasteiger partial charge is 0.414 e. The Morgan fingerprint density at radius 3 is 2.11 bits per heavy atom. The molecule has 0 aromatic carbocycles. The van der Waals surface area contributed by atoms with Crippen LogP contribution in [-0.4, -0.2) is 37.9 Å². The largest absolute Gasteiger partial charge is 0.462 e. The number of aryl methyl sites for hydroxylation is 1. The number of hydrogen-bond donors (Lipinski definition) is 1. The highest BCUT2D eigenvalue weighted by molar-refractivity contribution is 6.08. The lowest BCUT2D eigenvalue weighted by Gasteiger charge is -2.14. The van der Waals surface area contributed by atoms with Crippen LogP contribution < -0.4 is 5.32 Å². The van der Waals surface area contributed by atoms with Crippen molar-refractivity contribution in [1.82, 2.24) is 0 Å². The highest BCUT2D eigenvalue weighted by Crippen LogP contribution is 2.29. The van der Waals surface area contributed by atoms with Gasteiger partial charge in [0.15, 0.2) is 0 Å². The number of carbonyl (C=O) groups excluding carboxylic acids is 3. The molecule has 1 rings (SSSR count). The molecule has 1 heterocycles. The third-order valence-electron chi connectivity index (χ3n) is 4.25. The minimum absolute atomic E-state index is 0.0648. The van der Waals surface area contributed by atoms with Crippen LogP contribution in [0.2, 0.25) is 0 Å². The molecule has 1 unspecified atom stereocenters. The van der Waals surface area contributed by atoms with E-state index in [9.17, 15) is 14.4 Å². The van der Waals surface area contributed by atoms with Crippen molar-refractivity contribution in [2.45, 2.75) is 60.3 Å². The van der Waals surface area contributed by atoms with Crippen LogP contribution in [0.25, 0.3) is 0 Å². The normalized spacial score (nSPS) is 11.6. The lowest BCUT2D eigenvalue weighted by molar-refractivity contribution is 0.0480. The van der Waals surface area contributed by atoms with E-state index < -0.39 is 18.0 Å². The Morgan fingerprint density at radius 2 is 1.57 bits per heavy atom. The molecule has 1 amide bonds. The molecule has 0 saturated heterocycles. The van der Waals surface area contributed by atoms with Crippen molar-refractivity contribution in [3.63, 3.8) is 0 Å². The Hall–Kier alpha value is -2.51. The third kappa shape index (κ3) is 6.58. The molecule has 8 nitrogen and oxygen atoms in total. The molecule has 0 radical (unpaired) electrons. The fourth-order valence-corrected chi connectivity index (χ4v) is 2.70. The van der Waals surface area contributed by atoms with Gasteiger partial charge in [-0.3, -0.25) is 5.32 Å². The molecule has 8 heteroatoms. The number of nitrogens with one attached hydrogen (secondary N) is 1. The molecular formula is C20H31NO7. The summed E-state index contributed by atoms with van der Waals surface area (Å²) in [6, 6.07) is 0. The van der Waals surface area contributed by atoms with Crippen molar-refractivity contribution in [3.8, 4) is 0 Å². The number of anilines is 1. The van der Waals surface area contributed by atoms with Gasteiger partial charge in [-0.25, -0.2) is 14.4 Å². The lowest BCUT2D eigenvalue weighted by atomic mass is 10.0. The summed E-state index contributed by atoms with van der Waals surface area (Å²) >= 11 is 0. The van der Waals surface area contributed by atoms with Gasteiger partial charge >= 0.3 is 18.0 Å². The molecule has 1 aromatic rings. The zero-order chi connectivity index (χ0) is 21.1. The molecule has 0 aliphatic heterocycles. The number of rotatable bonds is 11. The van der Waals surface area contributed by atoms with Crippen molar-refractivity contribution >= 4 is 23.9 Å². The average molecular weight is 397 g/mol. The standard InChI is InChI=1S/C20H31NO7/c1-6-10-11-14(7-2)12-27-20(24)21-17-16(19(23)26-9-4)15(13(5)28-17)18(22)25-8-3/h14H,6-12H2,1-5H3,(H,21,24). The van der Waals surface area contributed by atoms with Crippen molar-refractivity contribution in [2.24, 2.45) is 5.92 Å². The lowest BCUT2D eigenvalue weighted by Crippen LogP contribution is -2.20. The third-order valence-corrected chi connectivity index (χ3v) is 4.25. The van der Waals surface area contributed by atoms with Gasteiger partial charge in [-0.1, -0.05) is 33.1 Å². The van der Waals surface area contributed by atoms with Gasteiger partial charge in [0.05, 0.1) is 19.8 Å². The number of furan rings is 1. The van der Waals surface area contributed by atoms with Gasteiger partial charge in [-0.15, -0.1) is 0 Å². The SMILES string of the molecule is CCCCC(CC)COC(=O)Nc1oc(C)c(C(=O)OCC)c1C(=O)OCC. The van der Waals surface area contributed by atoms with E-state index in [1.54, 1.807) is 13.8 Å². The number of ether oxygens (including phenoxy) is 3. The molecule has 0 fully saturated rings. The highest BCUT2D eigenvalue weighted by atomic mass is 16.6. The summed E-state index contributed by atoms with van der Waals surface area (Å²) in [6.07, 6.45) is 3.25. The first-order chi connectivity index (χ1) is 13.4. The zero-order valence-corrected chi connectivity index (χ0v) is 17.4. The van der Waals surface area contributed by atoms with Crippen molar-refractivity contribution in [3.05, 3.63) is 16.9 Å². The molecule has 28 heavy (non-hydrogen) atoms. The summed E-state index contributed by atoms with van der Waals surface area (Å²) in [6.45, 7) is 9.44. The van der Waals surface area contributed by atoms with Crippen LogP contribution in [0.15, 0.2) is 4.42 Å². The maximum absolute atomic E-state index is 12.3. The highest BCUT2D eigenvalue weighted by Gasteiger charge is 2.31. The Kier molecular flexibility index (Phi) is 10.1. The van der Waals surface area contributed by atoms with E-state index in [0.29, 0.717) is 0 Å². The molecule has 1 N–H and O–H groups in total. The van der Waals surface area contributed by atoms with Crippen molar-refractivity contribution in [2.75, 3.05) is 25.1 Å². The van der Waals surface area contributed by atoms with E-state index in [1.807, 2.05) is 6.92 Å². The number of unbranched alkanes of at least 4 members (excludes halogenated alkanes) is 1. The Labute approximate surface area is 165 Å². The fourth-order valence-electron chi connectivity index (χ4n) is 2.70. The van der Waals surface area contributed by atoms with Crippen LogP contribution in [0.4, 0.5) is 10.7 Å². The summed E-state index contributed by atoms with van der Waals surface area (Å²) in [5.74, 6) is -1.29. The first kappa shape index (κ1) is 23.5. The van der Waals surface area contributed by atoms with Gasteiger partial charge in [0, 0.05) is 0 Å². The second-order valence-corrected chi connectivity index (χ2v) is 6.32. The van der Waals surface area contributed by atoms with E-state index in [1.165, 1.54) is 6.92 Å². The van der Waals surface area contributed by atoms with Crippen LogP contribution in [0.5, 0.6) is 0 Å². The second kappa shape index (κ2) is 12.0. The minimum atomic E-state index is -0.785. The first-order valence-electron chi connectivity index (χ1n) is 9.80. The predicted octanol–water partition coefficient (Wildman–Crippen LogP) is 4.71. The first-order valence-corrected chi connectivity index (χ1v) is 9.80. The minimum Gasteiger partial charge on any atom is -0.462 e. The van der Waals surface area contributed by atoms with E-state index >= 15 is 0 Å². The average Bonchev–Trinajstić information content (AvgIpc) is 2.98. The van der Waals surface area contributed by atoms with Crippen molar-refractivity contribution < 1.29 is 33.0 Å². The van der Waals surface area contributed by atoms with Crippen LogP contribution in [0.3, 0.4) is 0 Å². The Balaban J connectivity index is 2.97. The monoisotopic (exact) mass is 397 g/mol. The number of amides is 1. The van der Waals surface area contributed by atoms with E-state index in [-0.39, 0.29) is 48.5 Å². The zero-order valence-electron chi connectivity index (χ0n) is 17.4. The van der Waals surface area contributed by atoms with Crippen LogP contribution in [0.1, 0.15) is 79.9 Å². The second-order valence-electron chi connectivity index (χ2n) is 6.32. The van der Waals surface area contributed by atoms with Gasteiger partial charge in [-0.2, -0.15) is 0 Å². The molecule has 158 valence electrons. The molecule has 1 aromatic heterocycles. The van der Waals surface area contributed by atoms with E-state index in [2.05, 4.69) is 12.2 Å². The summed E-state index contributed by atoms with van der Waals surface area (Å²) < 4.78 is 20.7. The predicted molar refractivity (Wildman–Crippen MR) is 104 cm³/mol. The maximum Gasteiger partial charge on any atom is 0.414 e. The van der Waals surface area contributed by atoms with Crippen LogP contribution in [-0.2, 0) is 14.2 Å². The Morgan fingerprint density at radius 1 is 0.964 bits per heavy atom. The Bertz CT molecular complexity index is 666. The molecule has 0 aliphatic rings. The van der Waals surface area contributed by atoms with Crippen LogP contribution >= 0.6 is 0 Å². The topological polar surface area (TPSA) is 104 Å². The molecule has 0 aliphatic carbocycles. The fraction of sp³-hybridized carbons (Fsp3) is 0.650. The van der Waals surface area contributed by atoms with Gasteiger partial charge in [0.2, 0.25) is 5.88 Å². The molecule has 1 atom stereocenters. The maximum atomic E-state index is 12.3. The summed E-state index contributed by atoms with van der Waals surface area (Å²) in [5, 5.41) is 2.41. The molecule has 0 saturated carbocycles. The van der Waals surface area contributed by atoms with E-state index in [0.717, 1.165) is 25.7 Å².